The second-order valence-electron chi connectivity index (χ2n) is 7.56. The van der Waals surface area contributed by atoms with E-state index in [2.05, 4.69) is 25.8 Å². The van der Waals surface area contributed by atoms with E-state index in [1.54, 1.807) is 12.4 Å². The van der Waals surface area contributed by atoms with E-state index in [9.17, 15) is 4.79 Å². The van der Waals surface area contributed by atoms with Crippen LogP contribution in [0.5, 0.6) is 5.75 Å². The van der Waals surface area contributed by atoms with Gasteiger partial charge in [0.2, 0.25) is 0 Å². The maximum absolute atomic E-state index is 13.2. The third-order valence-electron chi connectivity index (χ3n) is 5.27. The molecule has 0 atom stereocenters. The highest BCUT2D eigenvalue weighted by molar-refractivity contribution is 9.10. The number of benzene rings is 2. The average molecular weight is 481 g/mol. The molecule has 0 unspecified atom stereocenters. The summed E-state index contributed by atoms with van der Waals surface area (Å²) in [5, 5.41) is 0. The van der Waals surface area contributed by atoms with Crippen LogP contribution in [0, 0.1) is 0 Å². The molecule has 0 radical (unpaired) electrons. The Hall–Kier alpha value is -2.54. The van der Waals surface area contributed by atoms with Gasteiger partial charge in [0, 0.05) is 42.9 Å². The molecule has 0 amide bonds. The normalized spacial score (nSPS) is 14.4. The van der Waals surface area contributed by atoms with Crippen molar-refractivity contribution in [3.05, 3.63) is 93.7 Å². The maximum atomic E-state index is 13.2. The highest BCUT2D eigenvalue weighted by Crippen LogP contribution is 2.30. The number of Topliss-reactive ketones (excluding diaryl/α,β-unsaturated/α-hetero) is 1. The van der Waals surface area contributed by atoms with Crippen molar-refractivity contribution in [2.24, 2.45) is 0 Å². The second-order valence-corrected chi connectivity index (χ2v) is 8.42. The SMILES string of the molecule is O=C(Cc1cccnc1)c1cc(CN2CCOCC2)c(Br)cc1OCc1ccccc1. The first-order valence-electron chi connectivity index (χ1n) is 10.4. The van der Waals surface area contributed by atoms with Gasteiger partial charge in [-0.3, -0.25) is 14.7 Å². The van der Waals surface area contributed by atoms with Crippen LogP contribution in [0.2, 0.25) is 0 Å². The topological polar surface area (TPSA) is 51.7 Å². The van der Waals surface area contributed by atoms with Gasteiger partial charge in [0.25, 0.3) is 0 Å². The molecule has 0 aliphatic carbocycles. The monoisotopic (exact) mass is 480 g/mol. The number of nitrogens with zero attached hydrogens (tertiary/aromatic N) is 2. The molecule has 3 aromatic rings. The molecule has 31 heavy (non-hydrogen) atoms. The maximum Gasteiger partial charge on any atom is 0.171 e. The zero-order valence-corrected chi connectivity index (χ0v) is 18.9. The molecule has 0 bridgehead atoms. The Bertz CT molecular complexity index is 1010. The lowest BCUT2D eigenvalue weighted by Gasteiger charge is -2.27. The van der Waals surface area contributed by atoms with Gasteiger partial charge in [-0.2, -0.15) is 0 Å². The number of pyridine rings is 1. The standard InChI is InChI=1S/C25H25BrN2O3/c26-23-15-25(31-18-19-5-2-1-3-6-19)22(24(29)13-20-7-4-8-27-16-20)14-21(23)17-28-9-11-30-12-10-28/h1-8,14-16H,9-13,17-18H2. The molecule has 0 saturated carbocycles. The summed E-state index contributed by atoms with van der Waals surface area (Å²) in [5.41, 5.74) is 3.62. The van der Waals surface area contributed by atoms with E-state index in [0.717, 1.165) is 54.0 Å². The molecular formula is C25H25BrN2O3. The molecule has 4 rings (SSSR count). The van der Waals surface area contributed by atoms with Gasteiger partial charge >= 0.3 is 0 Å². The summed E-state index contributed by atoms with van der Waals surface area (Å²) in [5.74, 6) is 0.613. The number of carbonyl (C=O) groups excluding carboxylic acids is 1. The first-order valence-corrected chi connectivity index (χ1v) is 11.2. The molecule has 2 heterocycles. The summed E-state index contributed by atoms with van der Waals surface area (Å²) in [4.78, 5) is 19.7. The molecule has 1 aliphatic rings. The van der Waals surface area contributed by atoms with Crippen LogP contribution in [-0.4, -0.2) is 42.0 Å². The average Bonchev–Trinajstić information content (AvgIpc) is 2.81. The van der Waals surface area contributed by atoms with Crippen molar-refractivity contribution >= 4 is 21.7 Å². The Morgan fingerprint density at radius 1 is 1.06 bits per heavy atom. The van der Waals surface area contributed by atoms with Gasteiger partial charge < -0.3 is 9.47 Å². The summed E-state index contributed by atoms with van der Waals surface area (Å²) in [6, 6.07) is 17.6. The van der Waals surface area contributed by atoms with E-state index in [4.69, 9.17) is 9.47 Å². The number of carbonyl (C=O) groups is 1. The van der Waals surface area contributed by atoms with Gasteiger partial charge in [-0.15, -0.1) is 0 Å². The van der Waals surface area contributed by atoms with E-state index in [0.29, 0.717) is 17.9 Å². The van der Waals surface area contributed by atoms with E-state index in [-0.39, 0.29) is 12.2 Å². The molecule has 1 saturated heterocycles. The summed E-state index contributed by atoms with van der Waals surface area (Å²) in [6.07, 6.45) is 3.73. The van der Waals surface area contributed by atoms with Crippen molar-refractivity contribution in [2.75, 3.05) is 26.3 Å². The first-order chi connectivity index (χ1) is 15.2. The minimum absolute atomic E-state index is 0.0202. The molecule has 1 aromatic heterocycles. The first kappa shape index (κ1) is 21.7. The minimum Gasteiger partial charge on any atom is -0.488 e. The zero-order chi connectivity index (χ0) is 21.5. The van der Waals surface area contributed by atoms with Crippen molar-refractivity contribution in [3.63, 3.8) is 0 Å². The predicted molar refractivity (Wildman–Crippen MR) is 123 cm³/mol. The minimum atomic E-state index is 0.0202. The van der Waals surface area contributed by atoms with Gasteiger partial charge in [0.1, 0.15) is 12.4 Å². The molecule has 0 spiro atoms. The van der Waals surface area contributed by atoms with E-state index >= 15 is 0 Å². The Labute approximate surface area is 191 Å². The van der Waals surface area contributed by atoms with E-state index < -0.39 is 0 Å². The largest absolute Gasteiger partial charge is 0.488 e. The molecule has 0 N–H and O–H groups in total. The molecular weight excluding hydrogens is 456 g/mol. The van der Waals surface area contributed by atoms with Crippen molar-refractivity contribution in [1.82, 2.24) is 9.88 Å². The van der Waals surface area contributed by atoms with Crippen LogP contribution in [0.1, 0.15) is 27.0 Å². The Morgan fingerprint density at radius 2 is 1.84 bits per heavy atom. The van der Waals surface area contributed by atoms with Crippen molar-refractivity contribution in [1.29, 1.82) is 0 Å². The summed E-state index contributed by atoms with van der Waals surface area (Å²) in [6.45, 7) is 4.42. The number of hydrogen-bond acceptors (Lipinski definition) is 5. The van der Waals surface area contributed by atoms with Crippen molar-refractivity contribution in [3.8, 4) is 5.75 Å². The van der Waals surface area contributed by atoms with Crippen LogP contribution < -0.4 is 4.74 Å². The quantitative estimate of drug-likeness (QED) is 0.438. The van der Waals surface area contributed by atoms with Gasteiger partial charge in [0.15, 0.2) is 5.78 Å². The lowest BCUT2D eigenvalue weighted by atomic mass is 10.0. The number of ether oxygens (including phenoxy) is 2. The van der Waals surface area contributed by atoms with Crippen molar-refractivity contribution in [2.45, 2.75) is 19.6 Å². The second kappa shape index (κ2) is 10.7. The van der Waals surface area contributed by atoms with Crippen LogP contribution in [0.4, 0.5) is 0 Å². The number of rotatable bonds is 8. The third kappa shape index (κ3) is 6.00. The highest BCUT2D eigenvalue weighted by atomic mass is 79.9. The Kier molecular flexibility index (Phi) is 7.46. The molecule has 1 fully saturated rings. The fraction of sp³-hybridized carbons (Fsp3) is 0.280. The summed E-state index contributed by atoms with van der Waals surface area (Å²) >= 11 is 3.69. The van der Waals surface area contributed by atoms with E-state index in [1.807, 2.05) is 54.6 Å². The van der Waals surface area contributed by atoms with Crippen LogP contribution in [-0.2, 0) is 24.3 Å². The van der Waals surface area contributed by atoms with E-state index in [1.165, 1.54) is 0 Å². The van der Waals surface area contributed by atoms with Crippen molar-refractivity contribution < 1.29 is 14.3 Å². The fourth-order valence-electron chi connectivity index (χ4n) is 3.58. The number of morpholine rings is 1. The zero-order valence-electron chi connectivity index (χ0n) is 17.3. The van der Waals surface area contributed by atoms with Crippen LogP contribution in [0.3, 0.4) is 0 Å². The lowest BCUT2D eigenvalue weighted by Crippen LogP contribution is -2.35. The molecule has 1 aliphatic heterocycles. The summed E-state index contributed by atoms with van der Waals surface area (Å²) < 4.78 is 12.5. The predicted octanol–water partition coefficient (Wildman–Crippen LogP) is 4.68. The molecule has 2 aromatic carbocycles. The molecule has 6 heteroatoms. The Morgan fingerprint density at radius 3 is 2.58 bits per heavy atom. The number of halogens is 1. The molecule has 160 valence electrons. The van der Waals surface area contributed by atoms with Crippen LogP contribution in [0.25, 0.3) is 0 Å². The fourth-order valence-corrected chi connectivity index (χ4v) is 4.02. The Balaban J connectivity index is 1.59. The van der Waals surface area contributed by atoms with Gasteiger partial charge in [-0.1, -0.05) is 52.3 Å². The summed E-state index contributed by atoms with van der Waals surface area (Å²) in [7, 11) is 0. The lowest BCUT2D eigenvalue weighted by molar-refractivity contribution is 0.0341. The number of hydrogen-bond donors (Lipinski definition) is 0. The van der Waals surface area contributed by atoms with Crippen LogP contribution in [0.15, 0.2) is 71.5 Å². The number of ketones is 1. The van der Waals surface area contributed by atoms with Gasteiger partial charge in [0.05, 0.1) is 18.8 Å². The number of aromatic nitrogens is 1. The highest BCUT2D eigenvalue weighted by Gasteiger charge is 2.19. The van der Waals surface area contributed by atoms with Gasteiger partial charge in [-0.25, -0.2) is 0 Å². The smallest absolute Gasteiger partial charge is 0.171 e. The molecule has 5 nitrogen and oxygen atoms in total. The van der Waals surface area contributed by atoms with Crippen LogP contribution >= 0.6 is 15.9 Å². The van der Waals surface area contributed by atoms with Gasteiger partial charge in [-0.05, 0) is 34.9 Å². The third-order valence-corrected chi connectivity index (χ3v) is 6.01.